The molecule has 0 spiro atoms. The van der Waals surface area contributed by atoms with Gasteiger partial charge in [-0.2, -0.15) is 0 Å². The number of carbonyl (C=O) groups is 1. The van der Waals surface area contributed by atoms with Crippen LogP contribution in [-0.4, -0.2) is 42.7 Å². The molecule has 5 heteroatoms. The fourth-order valence-corrected chi connectivity index (χ4v) is 1.43. The maximum Gasteiger partial charge on any atom is 0.222 e. The van der Waals surface area contributed by atoms with Crippen molar-refractivity contribution in [2.45, 2.75) is 12.8 Å². The minimum absolute atomic E-state index is 0.0477. The van der Waals surface area contributed by atoms with E-state index < -0.39 is 5.82 Å². The summed E-state index contributed by atoms with van der Waals surface area (Å²) < 4.78 is 18.4. The largest absolute Gasteiger partial charge is 0.491 e. The van der Waals surface area contributed by atoms with Crippen LogP contribution in [0.15, 0.2) is 24.3 Å². The monoisotopic (exact) mass is 255 g/mol. The summed E-state index contributed by atoms with van der Waals surface area (Å²) in [7, 11) is 1.64. The van der Waals surface area contributed by atoms with E-state index in [9.17, 15) is 9.18 Å². The summed E-state index contributed by atoms with van der Waals surface area (Å²) in [6.07, 6.45) is 0.841. The fraction of sp³-hybridized carbons (Fsp3) is 0.462. The second kappa shape index (κ2) is 7.66. The van der Waals surface area contributed by atoms with E-state index in [-0.39, 0.29) is 18.3 Å². The molecule has 0 aliphatic heterocycles. The number of rotatable bonds is 7. The highest BCUT2D eigenvalue weighted by atomic mass is 19.1. The van der Waals surface area contributed by atoms with E-state index >= 15 is 0 Å². The van der Waals surface area contributed by atoms with Gasteiger partial charge in [0.25, 0.3) is 0 Å². The summed E-state index contributed by atoms with van der Waals surface area (Å²) in [5.41, 5.74) is 0. The lowest BCUT2D eigenvalue weighted by atomic mass is 10.3. The number of para-hydroxylation sites is 1. The van der Waals surface area contributed by atoms with Crippen molar-refractivity contribution in [1.82, 2.24) is 4.90 Å². The lowest BCUT2D eigenvalue weighted by molar-refractivity contribution is -0.130. The van der Waals surface area contributed by atoms with Gasteiger partial charge in [-0.15, -0.1) is 0 Å². The van der Waals surface area contributed by atoms with Crippen molar-refractivity contribution in [2.24, 2.45) is 0 Å². The highest BCUT2D eigenvalue weighted by molar-refractivity contribution is 5.75. The molecule has 0 aliphatic rings. The summed E-state index contributed by atoms with van der Waals surface area (Å²) >= 11 is 0. The molecule has 1 N–H and O–H groups in total. The normalized spacial score (nSPS) is 10.2. The quantitative estimate of drug-likeness (QED) is 0.750. The van der Waals surface area contributed by atoms with Gasteiger partial charge in [0.05, 0.1) is 13.2 Å². The maximum atomic E-state index is 13.2. The molecule has 4 nitrogen and oxygen atoms in total. The Balaban J connectivity index is 2.23. The minimum Gasteiger partial charge on any atom is -0.491 e. The Kier molecular flexibility index (Phi) is 6.14. The van der Waals surface area contributed by atoms with E-state index in [1.807, 2.05) is 0 Å². The van der Waals surface area contributed by atoms with Crippen molar-refractivity contribution in [3.63, 3.8) is 0 Å². The number of likely N-dealkylation sites (N-methyl/N-ethyl adjacent to an activating group) is 1. The number of hydrogen-bond acceptors (Lipinski definition) is 3. The van der Waals surface area contributed by atoms with Crippen LogP contribution in [0.4, 0.5) is 4.39 Å². The third-order valence-corrected chi connectivity index (χ3v) is 2.49. The molecule has 100 valence electrons. The predicted molar refractivity (Wildman–Crippen MR) is 65.9 cm³/mol. The molecule has 0 saturated heterocycles. The third-order valence-electron chi connectivity index (χ3n) is 2.49. The first-order chi connectivity index (χ1) is 8.65. The van der Waals surface area contributed by atoms with E-state index in [1.165, 1.54) is 11.0 Å². The van der Waals surface area contributed by atoms with Gasteiger partial charge in [-0.05, 0) is 18.6 Å². The van der Waals surface area contributed by atoms with Gasteiger partial charge in [-0.25, -0.2) is 4.39 Å². The number of halogens is 1. The Morgan fingerprint density at radius 1 is 1.44 bits per heavy atom. The summed E-state index contributed by atoms with van der Waals surface area (Å²) in [6, 6.07) is 6.17. The second-order valence-corrected chi connectivity index (χ2v) is 3.92. The standard InChI is InChI=1S/C13H18FNO3/c1-15(8-9-16)13(17)7-4-10-18-12-6-3-2-5-11(12)14/h2-3,5-6,16H,4,7-10H2,1H3. The van der Waals surface area contributed by atoms with Gasteiger partial charge in [0.15, 0.2) is 11.6 Å². The lowest BCUT2D eigenvalue weighted by Crippen LogP contribution is -2.29. The van der Waals surface area contributed by atoms with Crippen molar-refractivity contribution in [2.75, 3.05) is 26.8 Å². The van der Waals surface area contributed by atoms with Crippen LogP contribution < -0.4 is 4.74 Å². The van der Waals surface area contributed by atoms with Crippen LogP contribution in [0.5, 0.6) is 5.75 Å². The van der Waals surface area contributed by atoms with E-state index in [4.69, 9.17) is 9.84 Å². The van der Waals surface area contributed by atoms with Gasteiger partial charge >= 0.3 is 0 Å². The first-order valence-electron chi connectivity index (χ1n) is 5.87. The number of carbonyl (C=O) groups excluding carboxylic acids is 1. The zero-order valence-corrected chi connectivity index (χ0v) is 10.4. The molecule has 0 unspecified atom stereocenters. The first kappa shape index (κ1) is 14.4. The van der Waals surface area contributed by atoms with E-state index in [1.54, 1.807) is 25.2 Å². The van der Waals surface area contributed by atoms with Crippen LogP contribution in [0, 0.1) is 5.82 Å². The molecule has 0 atom stereocenters. The number of benzene rings is 1. The molecule has 0 heterocycles. The van der Waals surface area contributed by atoms with Gasteiger partial charge < -0.3 is 14.7 Å². The number of hydrogen-bond donors (Lipinski definition) is 1. The van der Waals surface area contributed by atoms with Gasteiger partial charge in [0.2, 0.25) is 5.91 Å². The molecular weight excluding hydrogens is 237 g/mol. The van der Waals surface area contributed by atoms with E-state index in [2.05, 4.69) is 0 Å². The number of amides is 1. The van der Waals surface area contributed by atoms with Gasteiger partial charge in [0.1, 0.15) is 0 Å². The highest BCUT2D eigenvalue weighted by Crippen LogP contribution is 2.15. The average molecular weight is 255 g/mol. The minimum atomic E-state index is -0.402. The number of nitrogens with zero attached hydrogens (tertiary/aromatic N) is 1. The molecule has 1 amide bonds. The zero-order valence-electron chi connectivity index (χ0n) is 10.4. The predicted octanol–water partition coefficient (Wildman–Crippen LogP) is 1.44. The fourth-order valence-electron chi connectivity index (χ4n) is 1.43. The van der Waals surface area contributed by atoms with Crippen molar-refractivity contribution in [3.8, 4) is 5.75 Å². The molecule has 0 saturated carbocycles. The third kappa shape index (κ3) is 4.71. The van der Waals surface area contributed by atoms with Crippen LogP contribution in [0.3, 0.4) is 0 Å². The molecule has 0 radical (unpaired) electrons. The number of aliphatic hydroxyl groups is 1. The van der Waals surface area contributed by atoms with Crippen LogP contribution in [0.2, 0.25) is 0 Å². The second-order valence-electron chi connectivity index (χ2n) is 3.92. The smallest absolute Gasteiger partial charge is 0.222 e. The molecule has 0 fully saturated rings. The topological polar surface area (TPSA) is 49.8 Å². The Hall–Kier alpha value is -1.62. The zero-order chi connectivity index (χ0) is 13.4. The summed E-state index contributed by atoms with van der Waals surface area (Å²) in [5.74, 6) is -0.254. The van der Waals surface area contributed by atoms with Crippen molar-refractivity contribution in [1.29, 1.82) is 0 Å². The van der Waals surface area contributed by atoms with Crippen molar-refractivity contribution >= 4 is 5.91 Å². The van der Waals surface area contributed by atoms with Gasteiger partial charge in [-0.3, -0.25) is 4.79 Å². The lowest BCUT2D eigenvalue weighted by Gasteiger charge is -2.15. The summed E-state index contributed by atoms with van der Waals surface area (Å²) in [4.78, 5) is 13.0. The Morgan fingerprint density at radius 2 is 2.17 bits per heavy atom. The van der Waals surface area contributed by atoms with Crippen LogP contribution in [-0.2, 0) is 4.79 Å². The molecular formula is C13H18FNO3. The van der Waals surface area contributed by atoms with Gasteiger partial charge in [0, 0.05) is 20.0 Å². The summed E-state index contributed by atoms with van der Waals surface area (Å²) in [5, 5.41) is 8.68. The Morgan fingerprint density at radius 3 is 2.83 bits per heavy atom. The molecule has 0 aromatic heterocycles. The van der Waals surface area contributed by atoms with Crippen molar-refractivity contribution < 1.29 is 19.0 Å². The van der Waals surface area contributed by atoms with Crippen LogP contribution in [0.25, 0.3) is 0 Å². The Bertz CT molecular complexity index is 384. The van der Waals surface area contributed by atoms with Gasteiger partial charge in [-0.1, -0.05) is 12.1 Å². The molecule has 0 aliphatic carbocycles. The highest BCUT2D eigenvalue weighted by Gasteiger charge is 2.08. The van der Waals surface area contributed by atoms with Crippen molar-refractivity contribution in [3.05, 3.63) is 30.1 Å². The van der Waals surface area contributed by atoms with Crippen LogP contribution >= 0.6 is 0 Å². The molecule has 1 aromatic carbocycles. The molecule has 1 aromatic rings. The number of aliphatic hydroxyl groups excluding tert-OH is 1. The average Bonchev–Trinajstić information content (AvgIpc) is 2.36. The summed E-state index contributed by atoms with van der Waals surface area (Å²) in [6.45, 7) is 0.570. The molecule has 18 heavy (non-hydrogen) atoms. The molecule has 1 rings (SSSR count). The molecule has 0 bridgehead atoms. The Labute approximate surface area is 106 Å². The van der Waals surface area contributed by atoms with Crippen LogP contribution in [0.1, 0.15) is 12.8 Å². The maximum absolute atomic E-state index is 13.2. The van der Waals surface area contributed by atoms with E-state index in [0.29, 0.717) is 26.0 Å². The van der Waals surface area contributed by atoms with E-state index in [0.717, 1.165) is 0 Å². The first-order valence-corrected chi connectivity index (χ1v) is 5.87. The SMILES string of the molecule is CN(CCO)C(=O)CCCOc1ccccc1F. The number of ether oxygens (including phenoxy) is 1.